The zero-order valence-corrected chi connectivity index (χ0v) is 17.7. The summed E-state index contributed by atoms with van der Waals surface area (Å²) in [6.07, 6.45) is -2.35. The van der Waals surface area contributed by atoms with Gasteiger partial charge in [0, 0.05) is 6.54 Å². The zero-order valence-electron chi connectivity index (χ0n) is 16.9. The van der Waals surface area contributed by atoms with E-state index >= 15 is 0 Å². The molecule has 3 rings (SSSR count). The molecule has 2 aromatic carbocycles. The van der Waals surface area contributed by atoms with Crippen molar-refractivity contribution in [3.63, 3.8) is 0 Å². The number of nitrogens with zero attached hydrogens (tertiary/aromatic N) is 2. The van der Waals surface area contributed by atoms with Crippen LogP contribution >= 0.6 is 11.8 Å². The first kappa shape index (κ1) is 22.7. The Labute approximate surface area is 182 Å². The van der Waals surface area contributed by atoms with Crippen LogP contribution in [0.15, 0.2) is 66.0 Å². The Balaban J connectivity index is 1.58. The van der Waals surface area contributed by atoms with Crippen molar-refractivity contribution in [3.8, 4) is 17.0 Å². The van der Waals surface area contributed by atoms with E-state index in [0.29, 0.717) is 24.2 Å². The number of benzene rings is 2. The Morgan fingerprint density at radius 1 is 1.13 bits per heavy atom. The molecule has 0 atom stereocenters. The number of imidazole rings is 1. The quantitative estimate of drug-likeness (QED) is 0.486. The summed E-state index contributed by atoms with van der Waals surface area (Å²) in [7, 11) is 1.59. The van der Waals surface area contributed by atoms with E-state index in [2.05, 4.69) is 10.3 Å². The molecule has 1 aromatic heterocycles. The highest BCUT2D eigenvalue weighted by atomic mass is 32.2. The molecule has 0 spiro atoms. The number of ether oxygens (including phenoxy) is 1. The standard InChI is InChI=1S/C22H22F3N3O2S/c1-30-18-9-7-16(8-10-18)11-12-26-20(29)14-31-21-27-13-19(17-5-3-2-4-6-17)28(21)15-22(23,24)25/h2-10,13H,11-12,14-15H2,1H3,(H,26,29). The lowest BCUT2D eigenvalue weighted by molar-refractivity contribution is -0.141. The minimum Gasteiger partial charge on any atom is -0.497 e. The summed E-state index contributed by atoms with van der Waals surface area (Å²) in [5, 5.41) is 2.94. The summed E-state index contributed by atoms with van der Waals surface area (Å²) in [6.45, 7) is -0.739. The molecule has 0 saturated heterocycles. The average molecular weight is 449 g/mol. The van der Waals surface area contributed by atoms with Crippen LogP contribution < -0.4 is 10.1 Å². The molecule has 3 aromatic rings. The molecule has 0 unspecified atom stereocenters. The maximum Gasteiger partial charge on any atom is 0.406 e. The molecule has 9 heteroatoms. The molecule has 1 heterocycles. The van der Waals surface area contributed by atoms with Crippen LogP contribution in [0.4, 0.5) is 13.2 Å². The number of carbonyl (C=O) groups excluding carboxylic acids is 1. The minimum absolute atomic E-state index is 0.0221. The van der Waals surface area contributed by atoms with Gasteiger partial charge in [-0.15, -0.1) is 0 Å². The lowest BCUT2D eigenvalue weighted by atomic mass is 10.1. The molecule has 0 aliphatic carbocycles. The number of thioether (sulfide) groups is 1. The van der Waals surface area contributed by atoms with E-state index in [1.165, 1.54) is 6.20 Å². The largest absolute Gasteiger partial charge is 0.497 e. The molecule has 0 bridgehead atoms. The summed E-state index contributed by atoms with van der Waals surface area (Å²) in [6, 6.07) is 16.3. The van der Waals surface area contributed by atoms with Gasteiger partial charge >= 0.3 is 6.18 Å². The zero-order chi connectivity index (χ0) is 22.3. The lowest BCUT2D eigenvalue weighted by Gasteiger charge is -2.14. The maximum atomic E-state index is 13.1. The molecule has 5 nitrogen and oxygen atoms in total. The monoisotopic (exact) mass is 449 g/mol. The fourth-order valence-electron chi connectivity index (χ4n) is 2.96. The topological polar surface area (TPSA) is 56.1 Å². The number of nitrogens with one attached hydrogen (secondary N) is 1. The molecule has 1 amide bonds. The summed E-state index contributed by atoms with van der Waals surface area (Å²) < 4.78 is 45.6. The van der Waals surface area contributed by atoms with Crippen molar-refractivity contribution in [2.24, 2.45) is 0 Å². The summed E-state index contributed by atoms with van der Waals surface area (Å²) >= 11 is 0.986. The van der Waals surface area contributed by atoms with Gasteiger partial charge in [-0.25, -0.2) is 4.98 Å². The third kappa shape index (κ3) is 6.78. The molecular formula is C22H22F3N3O2S. The van der Waals surface area contributed by atoms with Crippen LogP contribution in [0.3, 0.4) is 0 Å². The highest BCUT2D eigenvalue weighted by Gasteiger charge is 2.31. The second-order valence-corrected chi connectivity index (χ2v) is 7.67. The van der Waals surface area contributed by atoms with Crippen LogP contribution in [0.1, 0.15) is 5.56 Å². The molecule has 0 aliphatic heterocycles. The van der Waals surface area contributed by atoms with Crippen molar-refractivity contribution in [3.05, 3.63) is 66.4 Å². The Bertz CT molecular complexity index is 989. The van der Waals surface area contributed by atoms with Gasteiger partial charge in [0.2, 0.25) is 5.91 Å². The van der Waals surface area contributed by atoms with E-state index in [-0.39, 0.29) is 16.8 Å². The number of aromatic nitrogens is 2. The maximum absolute atomic E-state index is 13.1. The first-order valence-electron chi connectivity index (χ1n) is 9.56. The third-order valence-electron chi connectivity index (χ3n) is 4.45. The molecular weight excluding hydrogens is 427 g/mol. The number of amides is 1. The number of alkyl halides is 3. The highest BCUT2D eigenvalue weighted by Crippen LogP contribution is 2.29. The highest BCUT2D eigenvalue weighted by molar-refractivity contribution is 7.99. The molecule has 0 radical (unpaired) electrons. The van der Waals surface area contributed by atoms with Crippen LogP contribution in [-0.2, 0) is 17.8 Å². The van der Waals surface area contributed by atoms with Crippen molar-refractivity contribution in [1.82, 2.24) is 14.9 Å². The van der Waals surface area contributed by atoms with E-state index in [9.17, 15) is 18.0 Å². The number of methoxy groups -OCH3 is 1. The van der Waals surface area contributed by atoms with Crippen LogP contribution in [0, 0.1) is 0 Å². The third-order valence-corrected chi connectivity index (χ3v) is 5.44. The number of hydrogen-bond donors (Lipinski definition) is 1. The Morgan fingerprint density at radius 2 is 1.84 bits per heavy atom. The van der Waals surface area contributed by atoms with E-state index in [4.69, 9.17) is 4.74 Å². The van der Waals surface area contributed by atoms with Gasteiger partial charge in [0.15, 0.2) is 5.16 Å². The minimum atomic E-state index is -4.40. The number of rotatable bonds is 9. The van der Waals surface area contributed by atoms with Gasteiger partial charge in [-0.2, -0.15) is 13.2 Å². The van der Waals surface area contributed by atoms with E-state index in [1.807, 2.05) is 24.3 Å². The Hall–Kier alpha value is -2.94. The van der Waals surface area contributed by atoms with Gasteiger partial charge in [0.1, 0.15) is 12.3 Å². The Kier molecular flexibility index (Phi) is 7.62. The summed E-state index contributed by atoms with van der Waals surface area (Å²) in [4.78, 5) is 16.3. The van der Waals surface area contributed by atoms with Crippen molar-refractivity contribution in [2.75, 3.05) is 19.4 Å². The van der Waals surface area contributed by atoms with Crippen molar-refractivity contribution in [1.29, 1.82) is 0 Å². The second-order valence-electron chi connectivity index (χ2n) is 6.73. The van der Waals surface area contributed by atoms with Crippen LogP contribution in [0.25, 0.3) is 11.3 Å². The van der Waals surface area contributed by atoms with E-state index in [1.54, 1.807) is 37.4 Å². The summed E-state index contributed by atoms with van der Waals surface area (Å²) in [5.74, 6) is 0.473. The predicted molar refractivity (Wildman–Crippen MR) is 114 cm³/mol. The van der Waals surface area contributed by atoms with Gasteiger partial charge in [0.05, 0.1) is 24.8 Å². The first-order chi connectivity index (χ1) is 14.9. The lowest BCUT2D eigenvalue weighted by Crippen LogP contribution is -2.27. The van der Waals surface area contributed by atoms with Gasteiger partial charge in [-0.3, -0.25) is 4.79 Å². The SMILES string of the molecule is COc1ccc(CCNC(=O)CSc2ncc(-c3ccccc3)n2CC(F)(F)F)cc1. The van der Waals surface area contributed by atoms with Gasteiger partial charge in [-0.05, 0) is 29.7 Å². The number of hydrogen-bond acceptors (Lipinski definition) is 4. The van der Waals surface area contributed by atoms with Crippen LogP contribution in [0.5, 0.6) is 5.75 Å². The second kappa shape index (κ2) is 10.4. The van der Waals surface area contributed by atoms with Crippen molar-refractivity contribution >= 4 is 17.7 Å². The molecule has 164 valence electrons. The van der Waals surface area contributed by atoms with Gasteiger partial charge < -0.3 is 14.6 Å². The van der Waals surface area contributed by atoms with E-state index in [0.717, 1.165) is 27.6 Å². The fourth-order valence-corrected chi connectivity index (χ4v) is 3.77. The van der Waals surface area contributed by atoms with E-state index < -0.39 is 12.7 Å². The number of carbonyl (C=O) groups is 1. The Morgan fingerprint density at radius 3 is 2.48 bits per heavy atom. The smallest absolute Gasteiger partial charge is 0.406 e. The van der Waals surface area contributed by atoms with Crippen LogP contribution in [0.2, 0.25) is 0 Å². The molecule has 1 N–H and O–H groups in total. The van der Waals surface area contributed by atoms with Gasteiger partial charge in [-0.1, -0.05) is 54.2 Å². The average Bonchev–Trinajstić information content (AvgIpc) is 3.14. The molecule has 0 saturated carbocycles. The number of halogens is 3. The molecule has 0 aliphatic rings. The fraction of sp³-hybridized carbons (Fsp3) is 0.273. The first-order valence-corrected chi connectivity index (χ1v) is 10.5. The van der Waals surface area contributed by atoms with Crippen molar-refractivity contribution < 1.29 is 22.7 Å². The van der Waals surface area contributed by atoms with Crippen molar-refractivity contribution in [2.45, 2.75) is 24.3 Å². The van der Waals surface area contributed by atoms with Crippen LogP contribution in [-0.4, -0.2) is 41.0 Å². The van der Waals surface area contributed by atoms with Gasteiger partial charge in [0.25, 0.3) is 0 Å². The normalized spacial score (nSPS) is 11.4. The molecule has 0 fully saturated rings. The predicted octanol–water partition coefficient (Wildman–Crippen LogP) is 4.57. The summed E-state index contributed by atoms with van der Waals surface area (Å²) in [5.41, 5.74) is 2.04. The molecule has 31 heavy (non-hydrogen) atoms.